The fourth-order valence-electron chi connectivity index (χ4n) is 2.85. The van der Waals surface area contributed by atoms with E-state index in [2.05, 4.69) is 39.1 Å². The van der Waals surface area contributed by atoms with Crippen molar-refractivity contribution in [2.45, 2.75) is 33.1 Å². The first-order valence-corrected chi connectivity index (χ1v) is 6.78. The van der Waals surface area contributed by atoms with Crippen LogP contribution in [-0.4, -0.2) is 18.1 Å². The van der Waals surface area contributed by atoms with Gasteiger partial charge in [0.25, 0.3) is 0 Å². The molecule has 0 aromatic rings. The van der Waals surface area contributed by atoms with Gasteiger partial charge < -0.3 is 5.73 Å². The summed E-state index contributed by atoms with van der Waals surface area (Å²) in [5, 5.41) is 0. The Labute approximate surface area is 99.0 Å². The monoisotopic (exact) mass is 233 g/mol. The largest absolute Gasteiger partial charge is 0.330 e. The Balaban J connectivity index is 2.78. The van der Waals surface area contributed by atoms with Gasteiger partial charge in [0.05, 0.1) is 0 Å². The molecule has 1 aliphatic carbocycles. The Morgan fingerprint density at radius 2 is 2.00 bits per heavy atom. The highest BCUT2D eigenvalue weighted by Gasteiger charge is 2.61. The van der Waals surface area contributed by atoms with E-state index in [0.29, 0.717) is 11.3 Å². The van der Waals surface area contributed by atoms with E-state index in [4.69, 9.17) is 5.73 Å². The van der Waals surface area contributed by atoms with Crippen LogP contribution in [0.4, 0.5) is 0 Å². The van der Waals surface area contributed by atoms with Crippen LogP contribution >= 0.6 is 25.3 Å². The minimum absolute atomic E-state index is 0.263. The average Bonchev–Trinajstić information content (AvgIpc) is 2.93. The maximum atomic E-state index is 5.80. The molecule has 1 fully saturated rings. The van der Waals surface area contributed by atoms with Crippen molar-refractivity contribution in [3.8, 4) is 0 Å². The van der Waals surface area contributed by atoms with Gasteiger partial charge in [0.15, 0.2) is 0 Å². The van der Waals surface area contributed by atoms with E-state index < -0.39 is 0 Å². The zero-order valence-corrected chi connectivity index (χ0v) is 11.1. The molecule has 84 valence electrons. The van der Waals surface area contributed by atoms with Gasteiger partial charge in [-0.1, -0.05) is 20.3 Å². The molecule has 0 radical (unpaired) electrons. The van der Waals surface area contributed by atoms with E-state index >= 15 is 0 Å². The Morgan fingerprint density at radius 3 is 2.29 bits per heavy atom. The second kappa shape index (κ2) is 4.67. The molecule has 0 amide bonds. The highest BCUT2D eigenvalue weighted by molar-refractivity contribution is 7.81. The predicted octanol–water partition coefficient (Wildman–Crippen LogP) is 2.62. The van der Waals surface area contributed by atoms with Crippen molar-refractivity contribution in [2.24, 2.45) is 22.5 Å². The number of hydrogen-bond donors (Lipinski definition) is 3. The number of hydrogen-bond acceptors (Lipinski definition) is 3. The van der Waals surface area contributed by atoms with E-state index in [1.807, 2.05) is 0 Å². The molecule has 0 bridgehead atoms. The van der Waals surface area contributed by atoms with Crippen molar-refractivity contribution in [3.05, 3.63) is 0 Å². The van der Waals surface area contributed by atoms with Crippen molar-refractivity contribution in [3.63, 3.8) is 0 Å². The van der Waals surface area contributed by atoms with Gasteiger partial charge in [-0.25, -0.2) is 0 Å². The molecule has 2 unspecified atom stereocenters. The molecule has 0 saturated heterocycles. The minimum Gasteiger partial charge on any atom is -0.330 e. The van der Waals surface area contributed by atoms with Crippen LogP contribution in [-0.2, 0) is 0 Å². The van der Waals surface area contributed by atoms with Gasteiger partial charge >= 0.3 is 0 Å². The predicted molar refractivity (Wildman–Crippen MR) is 70.3 cm³/mol. The van der Waals surface area contributed by atoms with Gasteiger partial charge in [-0.2, -0.15) is 25.3 Å². The standard InChI is InChI=1S/C11H23NS2/c1-3-4-11(5-9(11)6-12)10(2,7-13)8-14/h9,13-14H,3-8,12H2,1-2H3. The van der Waals surface area contributed by atoms with Crippen molar-refractivity contribution in [2.75, 3.05) is 18.1 Å². The van der Waals surface area contributed by atoms with E-state index in [1.54, 1.807) is 0 Å². The summed E-state index contributed by atoms with van der Waals surface area (Å²) in [6.07, 6.45) is 3.81. The Morgan fingerprint density at radius 1 is 1.43 bits per heavy atom. The van der Waals surface area contributed by atoms with Gasteiger partial charge in [0.1, 0.15) is 0 Å². The van der Waals surface area contributed by atoms with Crippen LogP contribution in [0.3, 0.4) is 0 Å². The summed E-state index contributed by atoms with van der Waals surface area (Å²) < 4.78 is 0. The molecular formula is C11H23NS2. The molecule has 0 aromatic heterocycles. The molecular weight excluding hydrogens is 210 g/mol. The summed E-state index contributed by atoms with van der Waals surface area (Å²) >= 11 is 8.99. The zero-order valence-electron chi connectivity index (χ0n) is 9.29. The maximum Gasteiger partial charge on any atom is -0.00306 e. The smallest absolute Gasteiger partial charge is 0.00306 e. The third kappa shape index (κ3) is 1.83. The summed E-state index contributed by atoms with van der Waals surface area (Å²) in [7, 11) is 0. The first-order valence-electron chi connectivity index (χ1n) is 5.52. The molecule has 0 spiro atoms. The van der Waals surface area contributed by atoms with Crippen LogP contribution in [0.2, 0.25) is 0 Å². The van der Waals surface area contributed by atoms with Crippen LogP contribution in [0.25, 0.3) is 0 Å². The second-order valence-electron chi connectivity index (χ2n) is 4.92. The molecule has 14 heavy (non-hydrogen) atoms. The first-order chi connectivity index (χ1) is 6.60. The number of thiol groups is 2. The highest BCUT2D eigenvalue weighted by Crippen LogP contribution is 2.66. The Bertz CT molecular complexity index is 192. The van der Waals surface area contributed by atoms with Crippen molar-refractivity contribution < 1.29 is 0 Å². The van der Waals surface area contributed by atoms with Crippen molar-refractivity contribution in [1.29, 1.82) is 0 Å². The Kier molecular flexibility index (Phi) is 4.24. The van der Waals surface area contributed by atoms with Gasteiger partial charge in [-0.3, -0.25) is 0 Å². The Hall–Kier alpha value is 0.660. The minimum atomic E-state index is 0.263. The molecule has 1 saturated carbocycles. The van der Waals surface area contributed by atoms with Crippen molar-refractivity contribution >= 4 is 25.3 Å². The summed E-state index contributed by atoms with van der Waals surface area (Å²) in [4.78, 5) is 0. The quantitative estimate of drug-likeness (QED) is 0.604. The molecule has 1 aliphatic rings. The third-order valence-corrected chi connectivity index (χ3v) is 5.51. The lowest BCUT2D eigenvalue weighted by Crippen LogP contribution is -2.35. The highest BCUT2D eigenvalue weighted by atomic mass is 32.1. The summed E-state index contributed by atoms with van der Waals surface area (Å²) in [6, 6.07) is 0. The number of nitrogens with two attached hydrogens (primary N) is 1. The lowest BCUT2D eigenvalue weighted by atomic mass is 9.73. The van der Waals surface area contributed by atoms with Gasteiger partial charge in [0, 0.05) is 0 Å². The van der Waals surface area contributed by atoms with Gasteiger partial charge in [-0.15, -0.1) is 0 Å². The molecule has 1 nitrogen and oxygen atoms in total. The van der Waals surface area contributed by atoms with Crippen LogP contribution in [0, 0.1) is 16.7 Å². The summed E-state index contributed by atoms with van der Waals surface area (Å²) in [5.41, 5.74) is 6.50. The summed E-state index contributed by atoms with van der Waals surface area (Å²) in [6.45, 7) is 5.40. The molecule has 1 rings (SSSR count). The van der Waals surface area contributed by atoms with Crippen LogP contribution in [0.1, 0.15) is 33.1 Å². The average molecular weight is 233 g/mol. The molecule has 0 aliphatic heterocycles. The lowest BCUT2D eigenvalue weighted by Gasteiger charge is -2.37. The SMILES string of the molecule is CCCC1(C(C)(CS)CS)CC1CN. The van der Waals surface area contributed by atoms with Crippen molar-refractivity contribution in [1.82, 2.24) is 0 Å². The topological polar surface area (TPSA) is 26.0 Å². The third-order valence-electron chi connectivity index (χ3n) is 4.11. The van der Waals surface area contributed by atoms with E-state index in [-0.39, 0.29) is 5.41 Å². The second-order valence-corrected chi connectivity index (χ2v) is 5.55. The lowest BCUT2D eigenvalue weighted by molar-refractivity contribution is 0.189. The molecule has 0 aromatic carbocycles. The summed E-state index contributed by atoms with van der Waals surface area (Å²) in [5.74, 6) is 2.56. The molecule has 3 heteroatoms. The van der Waals surface area contributed by atoms with E-state index in [9.17, 15) is 0 Å². The molecule has 2 N–H and O–H groups in total. The zero-order chi connectivity index (χ0) is 10.8. The van der Waals surface area contributed by atoms with Crippen LogP contribution in [0.15, 0.2) is 0 Å². The molecule has 2 atom stereocenters. The van der Waals surface area contributed by atoms with E-state index in [1.165, 1.54) is 19.3 Å². The first kappa shape index (κ1) is 12.7. The van der Waals surface area contributed by atoms with Crippen LogP contribution in [0.5, 0.6) is 0 Å². The van der Waals surface area contributed by atoms with Gasteiger partial charge in [-0.05, 0) is 47.6 Å². The maximum absolute atomic E-state index is 5.80. The fourth-order valence-corrected chi connectivity index (χ4v) is 3.88. The fraction of sp³-hybridized carbons (Fsp3) is 1.00. The number of rotatable bonds is 6. The normalized spacial score (nSPS) is 31.9. The molecule has 0 heterocycles. The van der Waals surface area contributed by atoms with E-state index in [0.717, 1.165) is 18.1 Å². The van der Waals surface area contributed by atoms with Crippen LogP contribution < -0.4 is 5.73 Å². The van der Waals surface area contributed by atoms with Gasteiger partial charge in [0.2, 0.25) is 0 Å².